The molecule has 0 saturated heterocycles. The van der Waals surface area contributed by atoms with Crippen LogP contribution in [0.5, 0.6) is 0 Å². The molecule has 1 heterocycles. The third kappa shape index (κ3) is 11.0. The predicted octanol–water partition coefficient (Wildman–Crippen LogP) is 11.8. The Kier molecular flexibility index (Phi) is 14.5. The molecule has 0 N–H and O–H groups in total. The molecule has 0 bridgehead atoms. The van der Waals surface area contributed by atoms with E-state index in [4.69, 9.17) is 16.6 Å². The SMILES string of the molecule is CCCCCCCCCCCCCCCCSc1nc(-c2ccc(C)cc2)cc(-c2ccc(Cl)cc2)c1C#N. The number of aromatic nitrogens is 1. The molecule has 0 aliphatic heterocycles. The van der Waals surface area contributed by atoms with Crippen molar-refractivity contribution in [1.29, 1.82) is 5.26 Å². The molecule has 208 valence electrons. The zero-order chi connectivity index (χ0) is 27.7. The fourth-order valence-corrected chi connectivity index (χ4v) is 6.06. The van der Waals surface area contributed by atoms with Gasteiger partial charge in [-0.2, -0.15) is 5.26 Å². The quantitative estimate of drug-likeness (QED) is 0.115. The molecule has 2 aromatic carbocycles. The Morgan fingerprint density at radius 2 is 1.23 bits per heavy atom. The lowest BCUT2D eigenvalue weighted by molar-refractivity contribution is 0.538. The van der Waals surface area contributed by atoms with Gasteiger partial charge in [-0.15, -0.1) is 11.8 Å². The van der Waals surface area contributed by atoms with E-state index in [0.717, 1.165) is 39.6 Å². The van der Waals surface area contributed by atoms with Crippen molar-refractivity contribution >= 4 is 23.4 Å². The predicted molar refractivity (Wildman–Crippen MR) is 171 cm³/mol. The van der Waals surface area contributed by atoms with Crippen LogP contribution in [0.25, 0.3) is 22.4 Å². The Balaban J connectivity index is 1.49. The first-order valence-electron chi connectivity index (χ1n) is 15.0. The lowest BCUT2D eigenvalue weighted by Gasteiger charge is -2.13. The molecule has 0 fully saturated rings. The van der Waals surface area contributed by atoms with E-state index in [1.807, 2.05) is 30.3 Å². The zero-order valence-corrected chi connectivity index (χ0v) is 25.6. The number of hydrogen-bond acceptors (Lipinski definition) is 3. The summed E-state index contributed by atoms with van der Waals surface area (Å²) in [5.41, 5.74) is 5.76. The van der Waals surface area contributed by atoms with E-state index in [0.29, 0.717) is 10.6 Å². The summed E-state index contributed by atoms with van der Waals surface area (Å²) in [5, 5.41) is 11.6. The van der Waals surface area contributed by atoms with E-state index in [2.05, 4.69) is 44.2 Å². The van der Waals surface area contributed by atoms with Gasteiger partial charge in [0.05, 0.1) is 11.3 Å². The first-order valence-corrected chi connectivity index (χ1v) is 16.4. The highest BCUT2D eigenvalue weighted by atomic mass is 35.5. The van der Waals surface area contributed by atoms with Crippen molar-refractivity contribution in [1.82, 2.24) is 4.98 Å². The number of benzene rings is 2. The smallest absolute Gasteiger partial charge is 0.115 e. The summed E-state index contributed by atoms with van der Waals surface area (Å²) in [4.78, 5) is 4.96. The largest absolute Gasteiger partial charge is 0.240 e. The minimum Gasteiger partial charge on any atom is -0.240 e. The van der Waals surface area contributed by atoms with Crippen LogP contribution in [-0.4, -0.2) is 10.7 Å². The van der Waals surface area contributed by atoms with E-state index >= 15 is 0 Å². The van der Waals surface area contributed by atoms with Crippen LogP contribution in [0.1, 0.15) is 108 Å². The highest BCUT2D eigenvalue weighted by Crippen LogP contribution is 2.35. The van der Waals surface area contributed by atoms with E-state index in [1.165, 1.54) is 89.0 Å². The van der Waals surface area contributed by atoms with Crippen molar-refractivity contribution in [3.63, 3.8) is 0 Å². The van der Waals surface area contributed by atoms with Crippen molar-refractivity contribution in [3.8, 4) is 28.5 Å². The summed E-state index contributed by atoms with van der Waals surface area (Å²) in [5.74, 6) is 0.983. The van der Waals surface area contributed by atoms with Gasteiger partial charge in [-0.1, -0.05) is 144 Å². The van der Waals surface area contributed by atoms with E-state index in [1.54, 1.807) is 11.8 Å². The first kappa shape index (κ1) is 31.3. The van der Waals surface area contributed by atoms with Crippen molar-refractivity contribution in [2.45, 2.75) is 109 Å². The molecular weight excluding hydrogens is 516 g/mol. The zero-order valence-electron chi connectivity index (χ0n) is 24.0. The van der Waals surface area contributed by atoms with Crippen LogP contribution >= 0.6 is 23.4 Å². The number of nitriles is 1. The topological polar surface area (TPSA) is 36.7 Å². The monoisotopic (exact) mass is 560 g/mol. The van der Waals surface area contributed by atoms with Crippen molar-refractivity contribution < 1.29 is 0 Å². The fraction of sp³-hybridized carbons (Fsp3) is 0.486. The molecule has 0 spiro atoms. The summed E-state index contributed by atoms with van der Waals surface area (Å²) in [6, 6.07) is 20.7. The van der Waals surface area contributed by atoms with Crippen LogP contribution in [0.15, 0.2) is 59.6 Å². The second kappa shape index (κ2) is 18.1. The average Bonchev–Trinajstić information content (AvgIpc) is 2.95. The summed E-state index contributed by atoms with van der Waals surface area (Å²) in [6.45, 7) is 4.37. The summed E-state index contributed by atoms with van der Waals surface area (Å²) < 4.78 is 0. The standard InChI is InChI=1S/C35H45ClN2S/c1-3-4-5-6-7-8-9-10-11-12-13-14-15-16-25-39-35-33(27-37)32(29-21-23-31(36)24-22-29)26-34(38-35)30-19-17-28(2)18-20-30/h17-24,26H,3-16,25H2,1-2H3. The minimum atomic E-state index is 0.656. The number of aryl methyl sites for hydroxylation is 1. The van der Waals surface area contributed by atoms with Gasteiger partial charge in [0.2, 0.25) is 0 Å². The fourth-order valence-electron chi connectivity index (χ4n) is 4.93. The Morgan fingerprint density at radius 1 is 0.718 bits per heavy atom. The van der Waals surface area contributed by atoms with Gasteiger partial charge >= 0.3 is 0 Å². The number of pyridine rings is 1. The van der Waals surface area contributed by atoms with Crippen molar-refractivity contribution in [2.24, 2.45) is 0 Å². The Morgan fingerprint density at radius 3 is 1.77 bits per heavy atom. The molecule has 3 rings (SSSR count). The maximum Gasteiger partial charge on any atom is 0.115 e. The van der Waals surface area contributed by atoms with Gasteiger partial charge < -0.3 is 0 Å². The number of rotatable bonds is 18. The molecule has 0 unspecified atom stereocenters. The van der Waals surface area contributed by atoms with Gasteiger partial charge in [0.15, 0.2) is 0 Å². The van der Waals surface area contributed by atoms with Crippen LogP contribution in [0, 0.1) is 18.3 Å². The first-order chi connectivity index (χ1) is 19.1. The molecule has 1 aromatic heterocycles. The number of halogens is 1. The van der Waals surface area contributed by atoms with Gasteiger partial charge in [-0.25, -0.2) is 4.98 Å². The lowest BCUT2D eigenvalue weighted by atomic mass is 9.99. The molecule has 0 radical (unpaired) electrons. The molecule has 0 amide bonds. The third-order valence-corrected chi connectivity index (χ3v) is 8.65. The Bertz CT molecular complexity index is 1150. The van der Waals surface area contributed by atoms with E-state index < -0.39 is 0 Å². The maximum absolute atomic E-state index is 10.1. The molecule has 4 heteroatoms. The maximum atomic E-state index is 10.1. The molecular formula is C35H45ClN2S. The number of unbranched alkanes of at least 4 members (excludes halogenated alkanes) is 13. The highest BCUT2D eigenvalue weighted by molar-refractivity contribution is 7.99. The molecule has 39 heavy (non-hydrogen) atoms. The van der Waals surface area contributed by atoms with Crippen LogP contribution in [0.4, 0.5) is 0 Å². The van der Waals surface area contributed by atoms with E-state index in [-0.39, 0.29) is 0 Å². The van der Waals surface area contributed by atoms with Crippen molar-refractivity contribution in [2.75, 3.05) is 5.75 Å². The van der Waals surface area contributed by atoms with Gasteiger partial charge in [0, 0.05) is 16.1 Å². The Labute approximate surface area is 246 Å². The normalized spacial score (nSPS) is 11.0. The van der Waals surface area contributed by atoms with Gasteiger partial charge in [0.1, 0.15) is 11.1 Å². The number of thioether (sulfide) groups is 1. The van der Waals surface area contributed by atoms with Gasteiger partial charge in [0.25, 0.3) is 0 Å². The summed E-state index contributed by atoms with van der Waals surface area (Å²) >= 11 is 7.86. The van der Waals surface area contributed by atoms with E-state index in [9.17, 15) is 5.26 Å². The average molecular weight is 561 g/mol. The van der Waals surface area contributed by atoms with Crippen LogP contribution in [0.2, 0.25) is 5.02 Å². The van der Waals surface area contributed by atoms with Gasteiger partial charge in [-0.05, 0) is 42.9 Å². The molecule has 0 aliphatic rings. The van der Waals surface area contributed by atoms with Crippen LogP contribution in [-0.2, 0) is 0 Å². The van der Waals surface area contributed by atoms with Crippen LogP contribution in [0.3, 0.4) is 0 Å². The third-order valence-electron chi connectivity index (χ3n) is 7.34. The molecule has 2 nitrogen and oxygen atoms in total. The van der Waals surface area contributed by atoms with Crippen LogP contribution < -0.4 is 0 Å². The molecule has 0 aliphatic carbocycles. The Hall–Kier alpha value is -2.28. The lowest BCUT2D eigenvalue weighted by Crippen LogP contribution is -1.97. The second-order valence-electron chi connectivity index (χ2n) is 10.7. The van der Waals surface area contributed by atoms with Crippen molar-refractivity contribution in [3.05, 3.63) is 70.7 Å². The molecule has 0 saturated carbocycles. The number of hydrogen-bond donors (Lipinski definition) is 0. The second-order valence-corrected chi connectivity index (χ2v) is 12.2. The highest BCUT2D eigenvalue weighted by Gasteiger charge is 2.16. The summed E-state index contributed by atoms with van der Waals surface area (Å²) in [6.07, 6.45) is 19.0. The number of nitrogens with zero attached hydrogens (tertiary/aromatic N) is 2. The van der Waals surface area contributed by atoms with Gasteiger partial charge in [-0.3, -0.25) is 0 Å². The summed E-state index contributed by atoms with van der Waals surface area (Å²) in [7, 11) is 0. The molecule has 3 aromatic rings. The molecule has 0 atom stereocenters. The minimum absolute atomic E-state index is 0.656.